The maximum atomic E-state index is 13.0. The first-order valence-electron chi connectivity index (χ1n) is 8.49. The third kappa shape index (κ3) is 4.87. The minimum absolute atomic E-state index is 0.220. The lowest BCUT2D eigenvalue weighted by atomic mass is 10.2. The lowest BCUT2D eigenvalue weighted by molar-refractivity contribution is 0.0948. The Hall–Kier alpha value is -1.82. The molecule has 0 bridgehead atoms. The number of amides is 1. The van der Waals surface area contributed by atoms with Crippen molar-refractivity contribution in [2.24, 2.45) is 0 Å². The number of nitrogens with one attached hydrogen (secondary N) is 1. The minimum Gasteiger partial charge on any atom is -0.369 e. The van der Waals surface area contributed by atoms with Crippen molar-refractivity contribution in [3.05, 3.63) is 63.9 Å². The van der Waals surface area contributed by atoms with Gasteiger partial charge in [-0.2, -0.15) is 0 Å². The molecule has 3 rings (SSSR count). The summed E-state index contributed by atoms with van der Waals surface area (Å²) in [4.78, 5) is 16.7. The van der Waals surface area contributed by atoms with Crippen LogP contribution in [0.5, 0.6) is 0 Å². The highest BCUT2D eigenvalue weighted by Crippen LogP contribution is 2.20. The summed E-state index contributed by atoms with van der Waals surface area (Å²) in [7, 11) is 0. The average molecular weight is 396 g/mol. The predicted octanol–water partition coefficient (Wildman–Crippen LogP) is 3.68. The quantitative estimate of drug-likeness (QED) is 0.838. The van der Waals surface area contributed by atoms with E-state index in [0.717, 1.165) is 38.4 Å². The van der Waals surface area contributed by atoms with E-state index in [1.165, 1.54) is 12.1 Å². The summed E-state index contributed by atoms with van der Waals surface area (Å²) in [5, 5.41) is 3.76. The summed E-state index contributed by atoms with van der Waals surface area (Å²) < 4.78 is 13.0. The fourth-order valence-electron chi connectivity index (χ4n) is 2.98. The molecule has 0 aliphatic carbocycles. The number of rotatable bonds is 5. The highest BCUT2D eigenvalue weighted by Gasteiger charge is 2.17. The Bertz CT molecular complexity index is 762. The molecule has 2 aromatic carbocycles. The molecule has 1 saturated heterocycles. The van der Waals surface area contributed by atoms with Gasteiger partial charge in [0, 0.05) is 50.0 Å². The first-order chi connectivity index (χ1) is 12.5. The molecule has 1 N–H and O–H groups in total. The maximum absolute atomic E-state index is 13.0. The van der Waals surface area contributed by atoms with E-state index in [2.05, 4.69) is 15.1 Å². The Balaban J connectivity index is 1.43. The predicted molar refractivity (Wildman–Crippen MR) is 104 cm³/mol. The van der Waals surface area contributed by atoms with Crippen LogP contribution >= 0.6 is 23.2 Å². The zero-order chi connectivity index (χ0) is 18.5. The largest absolute Gasteiger partial charge is 0.369 e. The van der Waals surface area contributed by atoms with Crippen molar-refractivity contribution < 1.29 is 9.18 Å². The van der Waals surface area contributed by atoms with Crippen LogP contribution in [-0.2, 0) is 0 Å². The number of carbonyl (C=O) groups is 1. The molecule has 1 fully saturated rings. The van der Waals surface area contributed by atoms with Crippen LogP contribution in [0.2, 0.25) is 10.0 Å². The van der Waals surface area contributed by atoms with Gasteiger partial charge < -0.3 is 10.2 Å². The van der Waals surface area contributed by atoms with E-state index >= 15 is 0 Å². The van der Waals surface area contributed by atoms with Crippen molar-refractivity contribution in [2.75, 3.05) is 44.2 Å². The van der Waals surface area contributed by atoms with Gasteiger partial charge in [-0.1, -0.05) is 23.2 Å². The fraction of sp³-hybridized carbons (Fsp3) is 0.316. The van der Waals surface area contributed by atoms with E-state index in [1.54, 1.807) is 30.3 Å². The molecule has 0 aromatic heterocycles. The topological polar surface area (TPSA) is 35.6 Å². The zero-order valence-electron chi connectivity index (χ0n) is 14.2. The Kier molecular flexibility index (Phi) is 6.35. The molecule has 26 heavy (non-hydrogen) atoms. The molecule has 0 radical (unpaired) electrons. The number of halogens is 3. The van der Waals surface area contributed by atoms with E-state index in [4.69, 9.17) is 23.2 Å². The standard InChI is InChI=1S/C19H20Cl2FN3O/c20-14-1-6-18(21)17(13-14)19(26)23-7-8-24-9-11-25(12-10-24)16-4-2-15(22)3-5-16/h1-6,13H,7-12H2,(H,23,26). The first kappa shape index (κ1) is 19.0. The van der Waals surface area contributed by atoms with Gasteiger partial charge in [0.2, 0.25) is 0 Å². The molecule has 1 heterocycles. The first-order valence-corrected chi connectivity index (χ1v) is 9.24. The molecule has 1 aliphatic rings. The van der Waals surface area contributed by atoms with Crippen LogP contribution in [0.25, 0.3) is 0 Å². The number of hydrogen-bond acceptors (Lipinski definition) is 3. The average Bonchev–Trinajstić information content (AvgIpc) is 2.65. The van der Waals surface area contributed by atoms with Crippen LogP contribution in [-0.4, -0.2) is 50.1 Å². The summed E-state index contributed by atoms with van der Waals surface area (Å²) in [6.07, 6.45) is 0. The van der Waals surface area contributed by atoms with Crippen LogP contribution in [0, 0.1) is 5.82 Å². The Morgan fingerprint density at radius 2 is 1.73 bits per heavy atom. The summed E-state index contributed by atoms with van der Waals surface area (Å²) in [5.74, 6) is -0.439. The third-order valence-electron chi connectivity index (χ3n) is 4.45. The molecule has 2 aromatic rings. The molecule has 0 unspecified atom stereocenters. The molecule has 0 atom stereocenters. The second-order valence-corrected chi connectivity index (χ2v) is 7.03. The van der Waals surface area contributed by atoms with Crippen molar-refractivity contribution in [1.29, 1.82) is 0 Å². The van der Waals surface area contributed by atoms with Gasteiger partial charge in [0.05, 0.1) is 10.6 Å². The smallest absolute Gasteiger partial charge is 0.252 e. The van der Waals surface area contributed by atoms with Gasteiger partial charge in [-0.3, -0.25) is 9.69 Å². The maximum Gasteiger partial charge on any atom is 0.252 e. The number of benzene rings is 2. The van der Waals surface area contributed by atoms with Crippen LogP contribution in [0.4, 0.5) is 10.1 Å². The fourth-order valence-corrected chi connectivity index (χ4v) is 3.35. The van der Waals surface area contributed by atoms with Crippen LogP contribution < -0.4 is 10.2 Å². The summed E-state index contributed by atoms with van der Waals surface area (Å²) >= 11 is 12.0. The third-order valence-corrected chi connectivity index (χ3v) is 5.02. The van der Waals surface area contributed by atoms with Crippen LogP contribution in [0.3, 0.4) is 0 Å². The second-order valence-electron chi connectivity index (χ2n) is 6.19. The van der Waals surface area contributed by atoms with Crippen molar-refractivity contribution in [3.8, 4) is 0 Å². The van der Waals surface area contributed by atoms with Gasteiger partial charge in [0.1, 0.15) is 5.82 Å². The summed E-state index contributed by atoms with van der Waals surface area (Å²) in [5.41, 5.74) is 1.43. The van der Waals surface area contributed by atoms with E-state index in [1.807, 2.05) is 0 Å². The monoisotopic (exact) mass is 395 g/mol. The van der Waals surface area contributed by atoms with Crippen molar-refractivity contribution in [2.45, 2.75) is 0 Å². The molecular formula is C19H20Cl2FN3O. The molecule has 1 amide bonds. The SMILES string of the molecule is O=C(NCCN1CCN(c2ccc(F)cc2)CC1)c1cc(Cl)ccc1Cl. The summed E-state index contributed by atoms with van der Waals surface area (Å²) in [6.45, 7) is 4.84. The highest BCUT2D eigenvalue weighted by molar-refractivity contribution is 6.35. The Morgan fingerprint density at radius 3 is 2.42 bits per heavy atom. The second kappa shape index (κ2) is 8.71. The number of anilines is 1. The van der Waals surface area contributed by atoms with Gasteiger partial charge in [-0.15, -0.1) is 0 Å². The van der Waals surface area contributed by atoms with Crippen LogP contribution in [0.1, 0.15) is 10.4 Å². The molecule has 7 heteroatoms. The van der Waals surface area contributed by atoms with E-state index in [9.17, 15) is 9.18 Å². The van der Waals surface area contributed by atoms with Crippen LogP contribution in [0.15, 0.2) is 42.5 Å². The van der Waals surface area contributed by atoms with Crippen molar-refractivity contribution >= 4 is 34.8 Å². The van der Waals surface area contributed by atoms with Crippen molar-refractivity contribution in [1.82, 2.24) is 10.2 Å². The number of piperazine rings is 1. The van der Waals surface area contributed by atoms with Gasteiger partial charge >= 0.3 is 0 Å². The van der Waals surface area contributed by atoms with Gasteiger partial charge in [0.15, 0.2) is 0 Å². The van der Waals surface area contributed by atoms with E-state index < -0.39 is 0 Å². The Morgan fingerprint density at radius 1 is 1.04 bits per heavy atom. The normalized spacial score (nSPS) is 15.1. The molecule has 0 spiro atoms. The minimum atomic E-state index is -0.220. The number of hydrogen-bond donors (Lipinski definition) is 1. The molecule has 0 saturated carbocycles. The van der Waals surface area contributed by atoms with E-state index in [-0.39, 0.29) is 11.7 Å². The van der Waals surface area contributed by atoms with Gasteiger partial charge in [-0.05, 0) is 42.5 Å². The lowest BCUT2D eigenvalue weighted by Gasteiger charge is -2.36. The molecule has 138 valence electrons. The molecular weight excluding hydrogens is 376 g/mol. The Labute approximate surface area is 162 Å². The van der Waals surface area contributed by atoms with Crippen molar-refractivity contribution in [3.63, 3.8) is 0 Å². The molecule has 1 aliphatic heterocycles. The number of nitrogens with zero attached hydrogens (tertiary/aromatic N) is 2. The van der Waals surface area contributed by atoms with Gasteiger partial charge in [-0.25, -0.2) is 4.39 Å². The lowest BCUT2D eigenvalue weighted by Crippen LogP contribution is -2.48. The highest BCUT2D eigenvalue weighted by atomic mass is 35.5. The molecule has 4 nitrogen and oxygen atoms in total. The number of carbonyl (C=O) groups excluding carboxylic acids is 1. The van der Waals surface area contributed by atoms with E-state index in [0.29, 0.717) is 22.2 Å². The zero-order valence-corrected chi connectivity index (χ0v) is 15.7. The summed E-state index contributed by atoms with van der Waals surface area (Å²) in [6, 6.07) is 11.4. The van der Waals surface area contributed by atoms with Gasteiger partial charge in [0.25, 0.3) is 5.91 Å².